The zero-order valence-corrected chi connectivity index (χ0v) is 14.7. The molecule has 27 heavy (non-hydrogen) atoms. The molecule has 1 amide bonds. The number of hydrogen-bond donors (Lipinski definition) is 1. The van der Waals surface area contributed by atoms with E-state index in [1.54, 1.807) is 23.2 Å². The Bertz CT molecular complexity index is 849. The van der Waals surface area contributed by atoms with Crippen LogP contribution in [0.25, 0.3) is 5.69 Å². The van der Waals surface area contributed by atoms with Gasteiger partial charge in [-0.3, -0.25) is 19.7 Å². The van der Waals surface area contributed by atoms with Crippen LogP contribution < -0.4 is 0 Å². The first-order valence-electron chi connectivity index (χ1n) is 8.73. The van der Waals surface area contributed by atoms with Crippen LogP contribution in [0.15, 0.2) is 36.9 Å². The number of nitrogens with zero attached hydrogens (tertiary/aromatic N) is 4. The van der Waals surface area contributed by atoms with E-state index in [-0.39, 0.29) is 29.5 Å². The highest BCUT2D eigenvalue weighted by Crippen LogP contribution is 2.27. The number of imidazole rings is 1. The molecule has 1 aliphatic heterocycles. The number of nitro groups is 1. The lowest BCUT2D eigenvalue weighted by Crippen LogP contribution is -2.40. The Morgan fingerprint density at radius 1 is 1.37 bits per heavy atom. The molecule has 0 radical (unpaired) electrons. The topological polar surface area (TPSA) is 119 Å². The van der Waals surface area contributed by atoms with Crippen molar-refractivity contribution in [1.82, 2.24) is 14.5 Å². The van der Waals surface area contributed by atoms with Gasteiger partial charge < -0.3 is 14.6 Å². The zero-order valence-electron chi connectivity index (χ0n) is 14.7. The second kappa shape index (κ2) is 7.98. The van der Waals surface area contributed by atoms with E-state index in [0.717, 1.165) is 12.8 Å². The molecule has 2 heterocycles. The Morgan fingerprint density at radius 2 is 2.19 bits per heavy atom. The number of carboxylic acid groups (broad SMARTS) is 1. The first kappa shape index (κ1) is 18.6. The van der Waals surface area contributed by atoms with E-state index in [1.807, 2.05) is 0 Å². The molecule has 0 bridgehead atoms. The quantitative estimate of drug-likeness (QED) is 0.615. The van der Waals surface area contributed by atoms with Crippen molar-refractivity contribution in [3.05, 3.63) is 52.6 Å². The molecule has 142 valence electrons. The Hall–Kier alpha value is -3.23. The lowest BCUT2D eigenvalue weighted by molar-refractivity contribution is -0.384. The van der Waals surface area contributed by atoms with Gasteiger partial charge in [-0.25, -0.2) is 4.98 Å². The van der Waals surface area contributed by atoms with E-state index in [4.69, 9.17) is 5.11 Å². The molecule has 1 fully saturated rings. The predicted molar refractivity (Wildman–Crippen MR) is 95.7 cm³/mol. The minimum Gasteiger partial charge on any atom is -0.481 e. The molecule has 1 N–H and O–H groups in total. The van der Waals surface area contributed by atoms with Crippen LogP contribution in [0.1, 0.15) is 36.0 Å². The third kappa shape index (κ3) is 4.30. The Labute approximate surface area is 155 Å². The van der Waals surface area contributed by atoms with Crippen LogP contribution in [0.3, 0.4) is 0 Å². The molecule has 1 aliphatic rings. The minimum absolute atomic E-state index is 0.0811. The largest absolute Gasteiger partial charge is 0.481 e. The van der Waals surface area contributed by atoms with E-state index in [2.05, 4.69) is 4.98 Å². The van der Waals surface area contributed by atoms with E-state index in [0.29, 0.717) is 25.2 Å². The molecule has 1 aromatic carbocycles. The summed E-state index contributed by atoms with van der Waals surface area (Å²) in [6.45, 7) is 1.04. The second-order valence-electron chi connectivity index (χ2n) is 6.62. The lowest BCUT2D eigenvalue weighted by atomic mass is 9.93. The number of carboxylic acids is 1. The molecule has 0 saturated carbocycles. The number of nitro benzene ring substituents is 1. The number of piperidine rings is 1. The molecule has 0 spiro atoms. The molecule has 1 unspecified atom stereocenters. The van der Waals surface area contributed by atoms with Crippen LogP contribution in [-0.2, 0) is 4.79 Å². The molecule has 3 rings (SSSR count). The number of amides is 1. The second-order valence-corrected chi connectivity index (χ2v) is 6.62. The number of aromatic nitrogens is 2. The van der Waals surface area contributed by atoms with Gasteiger partial charge >= 0.3 is 5.97 Å². The molecule has 2 aromatic rings. The number of rotatable bonds is 6. The van der Waals surface area contributed by atoms with Gasteiger partial charge in [0.1, 0.15) is 5.69 Å². The maximum atomic E-state index is 12.8. The van der Waals surface area contributed by atoms with Crippen LogP contribution in [0, 0.1) is 16.0 Å². The van der Waals surface area contributed by atoms with Gasteiger partial charge in [0.25, 0.3) is 11.6 Å². The highest BCUT2D eigenvalue weighted by molar-refractivity contribution is 5.95. The van der Waals surface area contributed by atoms with Gasteiger partial charge in [0.2, 0.25) is 0 Å². The average molecular weight is 372 g/mol. The zero-order chi connectivity index (χ0) is 19.4. The Kier molecular flexibility index (Phi) is 5.49. The fourth-order valence-electron chi connectivity index (χ4n) is 3.42. The van der Waals surface area contributed by atoms with Crippen molar-refractivity contribution < 1.29 is 19.6 Å². The number of benzene rings is 1. The minimum atomic E-state index is -0.843. The summed E-state index contributed by atoms with van der Waals surface area (Å²) in [6.07, 6.45) is 6.87. The monoisotopic (exact) mass is 372 g/mol. The van der Waals surface area contributed by atoms with Crippen molar-refractivity contribution in [1.29, 1.82) is 0 Å². The summed E-state index contributed by atoms with van der Waals surface area (Å²) in [5.74, 6) is -0.974. The summed E-state index contributed by atoms with van der Waals surface area (Å²) in [6, 6.07) is 4.41. The Morgan fingerprint density at radius 3 is 2.85 bits per heavy atom. The first-order chi connectivity index (χ1) is 13.0. The third-order valence-corrected chi connectivity index (χ3v) is 4.77. The summed E-state index contributed by atoms with van der Waals surface area (Å²) in [7, 11) is 0. The van der Waals surface area contributed by atoms with E-state index in [9.17, 15) is 19.7 Å². The van der Waals surface area contributed by atoms with Gasteiger partial charge in [0, 0.05) is 43.5 Å². The van der Waals surface area contributed by atoms with Crippen molar-refractivity contribution in [3.8, 4) is 5.69 Å². The van der Waals surface area contributed by atoms with Crippen molar-refractivity contribution >= 4 is 17.6 Å². The predicted octanol–water partition coefficient (Wildman–Crippen LogP) is 2.50. The van der Waals surface area contributed by atoms with E-state index in [1.165, 1.54) is 23.2 Å². The van der Waals surface area contributed by atoms with Crippen LogP contribution in [0.5, 0.6) is 0 Å². The van der Waals surface area contributed by atoms with Crippen LogP contribution >= 0.6 is 0 Å². The van der Waals surface area contributed by atoms with Gasteiger partial charge in [0.15, 0.2) is 0 Å². The molecule has 1 saturated heterocycles. The van der Waals surface area contributed by atoms with Crippen LogP contribution in [0.2, 0.25) is 0 Å². The molecule has 0 aliphatic carbocycles. The fourth-order valence-corrected chi connectivity index (χ4v) is 3.42. The number of likely N-dealkylation sites (tertiary alicyclic amines) is 1. The highest BCUT2D eigenvalue weighted by atomic mass is 16.6. The molecular weight excluding hydrogens is 352 g/mol. The lowest BCUT2D eigenvalue weighted by Gasteiger charge is -2.32. The first-order valence-corrected chi connectivity index (χ1v) is 8.73. The van der Waals surface area contributed by atoms with Crippen LogP contribution in [-0.4, -0.2) is 49.4 Å². The number of aliphatic carboxylic acids is 1. The molecule has 1 aromatic heterocycles. The van der Waals surface area contributed by atoms with Crippen molar-refractivity contribution in [3.63, 3.8) is 0 Å². The van der Waals surface area contributed by atoms with E-state index < -0.39 is 10.9 Å². The number of hydrogen-bond acceptors (Lipinski definition) is 5. The fraction of sp³-hybridized carbons (Fsp3) is 0.389. The average Bonchev–Trinajstić information content (AvgIpc) is 3.20. The molecule has 9 nitrogen and oxygen atoms in total. The number of carbonyl (C=O) groups is 2. The molecule has 1 atom stereocenters. The van der Waals surface area contributed by atoms with Crippen LogP contribution in [0.4, 0.5) is 5.69 Å². The van der Waals surface area contributed by atoms with Gasteiger partial charge in [-0.15, -0.1) is 0 Å². The normalized spacial score (nSPS) is 16.9. The van der Waals surface area contributed by atoms with Crippen molar-refractivity contribution in [2.45, 2.75) is 25.7 Å². The maximum Gasteiger partial charge on any atom is 0.303 e. The van der Waals surface area contributed by atoms with Crippen molar-refractivity contribution in [2.75, 3.05) is 13.1 Å². The Balaban J connectivity index is 1.79. The molecular formula is C18H20N4O5. The van der Waals surface area contributed by atoms with Gasteiger partial charge in [0.05, 0.1) is 11.3 Å². The standard InChI is InChI=1S/C18H20N4O5/c23-17(24)6-3-13-2-1-8-20(11-13)18(25)14-4-5-15(16(10-14)22(26)27)21-9-7-19-12-21/h4-5,7,9-10,12-13H,1-3,6,8,11H2,(H,23,24). The van der Waals surface area contributed by atoms with Crippen molar-refractivity contribution in [2.24, 2.45) is 5.92 Å². The maximum absolute atomic E-state index is 12.8. The van der Waals surface area contributed by atoms with Gasteiger partial charge in [-0.05, 0) is 37.3 Å². The third-order valence-electron chi connectivity index (χ3n) is 4.77. The summed E-state index contributed by atoms with van der Waals surface area (Å²) in [5, 5.41) is 20.3. The smallest absolute Gasteiger partial charge is 0.303 e. The summed E-state index contributed by atoms with van der Waals surface area (Å²) >= 11 is 0. The van der Waals surface area contributed by atoms with E-state index >= 15 is 0 Å². The molecule has 9 heteroatoms. The summed E-state index contributed by atoms with van der Waals surface area (Å²) in [5.41, 5.74) is 0.426. The van der Waals surface area contributed by atoms with Gasteiger partial charge in [-0.2, -0.15) is 0 Å². The summed E-state index contributed by atoms with van der Waals surface area (Å²) < 4.78 is 1.52. The van der Waals surface area contributed by atoms with Gasteiger partial charge in [-0.1, -0.05) is 0 Å². The number of carbonyl (C=O) groups excluding carboxylic acids is 1. The SMILES string of the molecule is O=C(O)CCC1CCCN(C(=O)c2ccc(-n3ccnc3)c([N+](=O)[O-])c2)C1. The summed E-state index contributed by atoms with van der Waals surface area (Å²) in [4.78, 5) is 40.1. The highest BCUT2D eigenvalue weighted by Gasteiger charge is 2.26.